The lowest BCUT2D eigenvalue weighted by atomic mass is 9.91. The molecular weight excluding hydrogens is 238 g/mol. The number of benzene rings is 1. The summed E-state index contributed by atoms with van der Waals surface area (Å²) >= 11 is 0. The Kier molecular flexibility index (Phi) is 2.59. The van der Waals surface area contributed by atoms with E-state index < -0.39 is 11.4 Å². The number of aliphatic carboxylic acids is 1. The molecule has 1 fully saturated rings. The number of hydrogen-bond acceptors (Lipinski definition) is 2. The number of carboxylic acids is 1. The summed E-state index contributed by atoms with van der Waals surface area (Å²) in [6.45, 7) is 4.29. The summed E-state index contributed by atoms with van der Waals surface area (Å²) in [5.74, 6) is -0.295. The molecule has 3 rings (SSSR count). The molecule has 0 atom stereocenters. The van der Waals surface area contributed by atoms with Gasteiger partial charge in [0.25, 0.3) is 0 Å². The van der Waals surface area contributed by atoms with Crippen LogP contribution in [0.1, 0.15) is 43.7 Å². The van der Waals surface area contributed by atoms with Crippen LogP contribution in [0.2, 0.25) is 0 Å². The van der Waals surface area contributed by atoms with Crippen molar-refractivity contribution in [3.05, 3.63) is 41.7 Å². The molecule has 1 aromatic heterocycles. The Balaban J connectivity index is 2.15. The van der Waals surface area contributed by atoms with Crippen LogP contribution in [0.4, 0.5) is 0 Å². The van der Waals surface area contributed by atoms with Crippen LogP contribution in [-0.4, -0.2) is 16.1 Å². The number of rotatable bonds is 3. The third-order valence-electron chi connectivity index (χ3n) is 4.12. The summed E-state index contributed by atoms with van der Waals surface area (Å²) in [6.07, 6.45) is 5.20. The van der Waals surface area contributed by atoms with E-state index in [1.54, 1.807) is 0 Å². The van der Waals surface area contributed by atoms with E-state index in [0.29, 0.717) is 5.92 Å². The minimum absolute atomic E-state index is 0.413. The second kappa shape index (κ2) is 4.05. The van der Waals surface area contributed by atoms with Gasteiger partial charge in [-0.15, -0.1) is 0 Å². The molecule has 0 amide bonds. The highest BCUT2D eigenvalue weighted by Gasteiger charge is 2.51. The molecule has 1 saturated carbocycles. The molecular formula is C16H17NO2. The molecule has 1 aliphatic carbocycles. The van der Waals surface area contributed by atoms with Gasteiger partial charge < -0.3 is 5.11 Å². The number of carbonyl (C=O) groups is 1. The Hall–Kier alpha value is -1.90. The SMILES string of the molecule is CC(C)c1cncc2cc(C3(C(=O)O)CC3)ccc12. The Morgan fingerprint density at radius 2 is 2.05 bits per heavy atom. The van der Waals surface area contributed by atoms with Crippen molar-refractivity contribution in [2.45, 2.75) is 38.0 Å². The summed E-state index contributed by atoms with van der Waals surface area (Å²) in [6, 6.07) is 6.01. The summed E-state index contributed by atoms with van der Waals surface area (Å²) in [7, 11) is 0. The minimum Gasteiger partial charge on any atom is -0.481 e. The molecule has 0 spiro atoms. The molecule has 1 aliphatic rings. The predicted octanol–water partition coefficient (Wildman–Crippen LogP) is 3.47. The third kappa shape index (κ3) is 1.81. The van der Waals surface area contributed by atoms with Crippen LogP contribution in [0.5, 0.6) is 0 Å². The molecule has 2 aromatic rings. The third-order valence-corrected chi connectivity index (χ3v) is 4.12. The fraction of sp³-hybridized carbons (Fsp3) is 0.375. The average Bonchev–Trinajstić information content (AvgIpc) is 3.18. The number of carboxylic acid groups (broad SMARTS) is 1. The van der Waals surface area contributed by atoms with Gasteiger partial charge in [0.2, 0.25) is 0 Å². The van der Waals surface area contributed by atoms with Gasteiger partial charge >= 0.3 is 5.97 Å². The monoisotopic (exact) mass is 255 g/mol. The zero-order valence-electron chi connectivity index (χ0n) is 11.2. The smallest absolute Gasteiger partial charge is 0.314 e. The van der Waals surface area contributed by atoms with Crippen LogP contribution in [0, 0.1) is 0 Å². The maximum Gasteiger partial charge on any atom is 0.314 e. The van der Waals surface area contributed by atoms with Crippen molar-refractivity contribution in [2.75, 3.05) is 0 Å². The first kappa shape index (κ1) is 12.2. The first-order chi connectivity index (χ1) is 9.04. The number of pyridine rings is 1. The largest absolute Gasteiger partial charge is 0.481 e. The first-order valence-corrected chi connectivity index (χ1v) is 6.66. The molecule has 1 N–H and O–H groups in total. The van der Waals surface area contributed by atoms with Crippen LogP contribution in [0.15, 0.2) is 30.6 Å². The lowest BCUT2D eigenvalue weighted by molar-refractivity contribution is -0.140. The molecule has 3 nitrogen and oxygen atoms in total. The minimum atomic E-state index is -0.708. The van der Waals surface area contributed by atoms with Crippen molar-refractivity contribution in [2.24, 2.45) is 0 Å². The quantitative estimate of drug-likeness (QED) is 0.913. The molecule has 0 aliphatic heterocycles. The van der Waals surface area contributed by atoms with E-state index in [1.807, 2.05) is 30.6 Å². The molecule has 3 heteroatoms. The predicted molar refractivity (Wildman–Crippen MR) is 74.4 cm³/mol. The topological polar surface area (TPSA) is 50.2 Å². The van der Waals surface area contributed by atoms with Crippen molar-refractivity contribution >= 4 is 16.7 Å². The standard InChI is InChI=1S/C16H17NO2/c1-10(2)14-9-17-8-11-7-12(3-4-13(11)14)16(5-6-16)15(18)19/h3-4,7-10H,5-6H2,1-2H3,(H,18,19). The van der Waals surface area contributed by atoms with E-state index >= 15 is 0 Å². The highest BCUT2D eigenvalue weighted by molar-refractivity contribution is 5.90. The van der Waals surface area contributed by atoms with Crippen LogP contribution >= 0.6 is 0 Å². The van der Waals surface area contributed by atoms with E-state index in [-0.39, 0.29) is 0 Å². The molecule has 1 heterocycles. The van der Waals surface area contributed by atoms with Gasteiger partial charge in [0.05, 0.1) is 5.41 Å². The van der Waals surface area contributed by atoms with Gasteiger partial charge in [-0.1, -0.05) is 26.0 Å². The van der Waals surface area contributed by atoms with Gasteiger partial charge in [-0.2, -0.15) is 0 Å². The molecule has 0 unspecified atom stereocenters. The van der Waals surface area contributed by atoms with Crippen molar-refractivity contribution in [3.8, 4) is 0 Å². The molecule has 19 heavy (non-hydrogen) atoms. The van der Waals surface area contributed by atoms with Crippen LogP contribution in [0.3, 0.4) is 0 Å². The summed E-state index contributed by atoms with van der Waals surface area (Å²) in [5.41, 5.74) is 1.49. The average molecular weight is 255 g/mol. The van der Waals surface area contributed by atoms with E-state index in [0.717, 1.165) is 23.8 Å². The fourth-order valence-corrected chi connectivity index (χ4v) is 2.71. The fourth-order valence-electron chi connectivity index (χ4n) is 2.71. The Morgan fingerprint density at radius 3 is 2.63 bits per heavy atom. The molecule has 0 bridgehead atoms. The second-order valence-corrected chi connectivity index (χ2v) is 5.71. The highest BCUT2D eigenvalue weighted by Crippen LogP contribution is 2.49. The maximum absolute atomic E-state index is 11.4. The van der Waals surface area contributed by atoms with Crippen LogP contribution in [0.25, 0.3) is 10.8 Å². The zero-order chi connectivity index (χ0) is 13.6. The summed E-state index contributed by atoms with van der Waals surface area (Å²) < 4.78 is 0. The lowest BCUT2D eigenvalue weighted by Crippen LogP contribution is -2.19. The number of hydrogen-bond donors (Lipinski definition) is 1. The van der Waals surface area contributed by atoms with Gasteiger partial charge in [0, 0.05) is 17.8 Å². The number of fused-ring (bicyclic) bond motifs is 1. The van der Waals surface area contributed by atoms with Gasteiger partial charge in [-0.05, 0) is 41.3 Å². The first-order valence-electron chi connectivity index (χ1n) is 6.66. The van der Waals surface area contributed by atoms with Gasteiger partial charge in [0.15, 0.2) is 0 Å². The van der Waals surface area contributed by atoms with Gasteiger partial charge in [-0.25, -0.2) is 0 Å². The number of nitrogens with zero attached hydrogens (tertiary/aromatic N) is 1. The van der Waals surface area contributed by atoms with E-state index in [2.05, 4.69) is 18.8 Å². The van der Waals surface area contributed by atoms with Crippen molar-refractivity contribution in [1.29, 1.82) is 0 Å². The Bertz CT molecular complexity index is 657. The molecule has 0 saturated heterocycles. The van der Waals surface area contributed by atoms with Gasteiger partial charge in [0.1, 0.15) is 0 Å². The van der Waals surface area contributed by atoms with Crippen molar-refractivity contribution in [1.82, 2.24) is 4.98 Å². The highest BCUT2D eigenvalue weighted by atomic mass is 16.4. The number of aromatic nitrogens is 1. The molecule has 0 radical (unpaired) electrons. The van der Waals surface area contributed by atoms with Crippen LogP contribution in [-0.2, 0) is 10.2 Å². The van der Waals surface area contributed by atoms with E-state index in [4.69, 9.17) is 0 Å². The Labute approximate surface area is 112 Å². The summed E-state index contributed by atoms with van der Waals surface area (Å²) in [4.78, 5) is 15.7. The summed E-state index contributed by atoms with van der Waals surface area (Å²) in [5, 5.41) is 11.6. The maximum atomic E-state index is 11.4. The second-order valence-electron chi connectivity index (χ2n) is 5.71. The lowest BCUT2D eigenvalue weighted by Gasteiger charge is -2.13. The van der Waals surface area contributed by atoms with E-state index in [1.165, 1.54) is 10.9 Å². The van der Waals surface area contributed by atoms with E-state index in [9.17, 15) is 9.90 Å². The zero-order valence-corrected chi connectivity index (χ0v) is 11.2. The Morgan fingerprint density at radius 1 is 1.32 bits per heavy atom. The molecule has 1 aromatic carbocycles. The molecule has 98 valence electrons. The van der Waals surface area contributed by atoms with Crippen molar-refractivity contribution < 1.29 is 9.90 Å². The van der Waals surface area contributed by atoms with Crippen LogP contribution < -0.4 is 0 Å². The van der Waals surface area contributed by atoms with Gasteiger partial charge in [-0.3, -0.25) is 9.78 Å². The van der Waals surface area contributed by atoms with Crippen molar-refractivity contribution in [3.63, 3.8) is 0 Å². The normalized spacial score (nSPS) is 16.8.